The van der Waals surface area contributed by atoms with Crippen LogP contribution >= 0.6 is 11.8 Å². The molecule has 0 radical (unpaired) electrons. The largest absolute Gasteiger partial charge is 0.480 e. The molecule has 32 heavy (non-hydrogen) atoms. The average molecular weight is 450 g/mol. The van der Waals surface area contributed by atoms with E-state index in [1.54, 1.807) is 6.20 Å². The minimum Gasteiger partial charge on any atom is -0.480 e. The summed E-state index contributed by atoms with van der Waals surface area (Å²) in [6.07, 6.45) is 1.98. The van der Waals surface area contributed by atoms with Gasteiger partial charge in [0, 0.05) is 35.6 Å². The van der Waals surface area contributed by atoms with Gasteiger partial charge in [0.05, 0.1) is 5.75 Å². The number of benzene rings is 2. The molecule has 0 bridgehead atoms. The fraction of sp³-hybridized carbons (Fsp3) is 0.217. The normalized spacial score (nSPS) is 12.0. The highest BCUT2D eigenvalue weighted by Gasteiger charge is 2.22. The molecule has 0 aliphatic heterocycles. The number of fused-ring (bicyclic) bond motifs is 1. The molecule has 9 heteroatoms. The first kappa shape index (κ1) is 21.6. The van der Waals surface area contributed by atoms with Gasteiger partial charge < -0.3 is 20.0 Å². The molecule has 0 fully saturated rings. The molecule has 3 N–H and O–H groups in total. The fourth-order valence-corrected chi connectivity index (χ4v) is 4.38. The third-order valence-electron chi connectivity index (χ3n) is 5.13. The molecule has 0 saturated carbocycles. The minimum atomic E-state index is -1.07. The number of nitrogens with zero attached hydrogens (tertiary/aromatic N) is 3. The molecule has 0 unspecified atom stereocenters. The molecule has 4 rings (SSSR count). The van der Waals surface area contributed by atoms with E-state index in [1.165, 1.54) is 11.8 Å². The van der Waals surface area contributed by atoms with Crippen LogP contribution in [-0.4, -0.2) is 48.5 Å². The summed E-state index contributed by atoms with van der Waals surface area (Å²) in [7, 11) is 0. The lowest BCUT2D eigenvalue weighted by molar-refractivity contribution is -0.141. The molecule has 0 spiro atoms. The number of thioether (sulfide) groups is 1. The Morgan fingerprint density at radius 1 is 1.12 bits per heavy atom. The molecule has 164 valence electrons. The molecule has 0 saturated heterocycles. The predicted molar refractivity (Wildman–Crippen MR) is 123 cm³/mol. The van der Waals surface area contributed by atoms with Gasteiger partial charge in [-0.2, -0.15) is 0 Å². The maximum Gasteiger partial charge on any atom is 0.326 e. The highest BCUT2D eigenvalue weighted by molar-refractivity contribution is 7.99. The van der Waals surface area contributed by atoms with Crippen LogP contribution in [0.1, 0.15) is 12.5 Å². The minimum absolute atomic E-state index is 0.0462. The van der Waals surface area contributed by atoms with Crippen LogP contribution in [0.3, 0.4) is 0 Å². The van der Waals surface area contributed by atoms with Crippen LogP contribution in [0.5, 0.6) is 0 Å². The van der Waals surface area contributed by atoms with Crippen molar-refractivity contribution >= 4 is 34.5 Å². The maximum absolute atomic E-state index is 12.5. The van der Waals surface area contributed by atoms with Gasteiger partial charge in [-0.3, -0.25) is 4.79 Å². The van der Waals surface area contributed by atoms with Crippen LogP contribution in [0.15, 0.2) is 66.0 Å². The predicted octanol–water partition coefficient (Wildman–Crippen LogP) is 3.35. The summed E-state index contributed by atoms with van der Waals surface area (Å²) < 4.78 is 1.94. The zero-order valence-corrected chi connectivity index (χ0v) is 18.3. The van der Waals surface area contributed by atoms with E-state index in [9.17, 15) is 14.7 Å². The summed E-state index contributed by atoms with van der Waals surface area (Å²) in [5.41, 5.74) is 2.73. The topological polar surface area (TPSA) is 113 Å². The Labute approximate surface area is 189 Å². The first-order valence-electron chi connectivity index (χ1n) is 10.3. The van der Waals surface area contributed by atoms with E-state index in [0.717, 1.165) is 27.9 Å². The molecule has 1 atom stereocenters. The third-order valence-corrected chi connectivity index (χ3v) is 6.10. The number of rotatable bonds is 9. The van der Waals surface area contributed by atoms with Gasteiger partial charge in [0.2, 0.25) is 5.91 Å². The second kappa shape index (κ2) is 9.69. The average Bonchev–Trinajstić information content (AvgIpc) is 3.41. The van der Waals surface area contributed by atoms with Crippen LogP contribution < -0.4 is 5.32 Å². The summed E-state index contributed by atoms with van der Waals surface area (Å²) in [4.78, 5) is 27.4. The molecular weight excluding hydrogens is 426 g/mol. The Bertz CT molecular complexity index is 1230. The van der Waals surface area contributed by atoms with Crippen molar-refractivity contribution in [3.05, 3.63) is 66.4 Å². The van der Waals surface area contributed by atoms with Gasteiger partial charge in [0.15, 0.2) is 11.0 Å². The molecule has 2 aromatic heterocycles. The van der Waals surface area contributed by atoms with E-state index < -0.39 is 12.0 Å². The number of H-pyrrole nitrogens is 1. The molecular formula is C23H23N5O3S. The summed E-state index contributed by atoms with van der Waals surface area (Å²) in [5, 5.41) is 22.3. The van der Waals surface area contributed by atoms with Crippen LogP contribution in [0.4, 0.5) is 0 Å². The third kappa shape index (κ3) is 4.67. The number of amides is 1. The van der Waals surface area contributed by atoms with E-state index >= 15 is 0 Å². The van der Waals surface area contributed by atoms with Gasteiger partial charge in [-0.05, 0) is 18.6 Å². The number of carbonyl (C=O) groups excluding carboxylic acids is 1. The second-order valence-electron chi connectivity index (χ2n) is 7.23. The summed E-state index contributed by atoms with van der Waals surface area (Å²) in [6.45, 7) is 2.64. The van der Waals surface area contributed by atoms with E-state index in [2.05, 4.69) is 20.5 Å². The van der Waals surface area contributed by atoms with Gasteiger partial charge in [-0.1, -0.05) is 60.3 Å². The summed E-state index contributed by atoms with van der Waals surface area (Å²) in [6, 6.07) is 16.4. The number of carbonyl (C=O) groups is 2. The van der Waals surface area contributed by atoms with E-state index in [4.69, 9.17) is 0 Å². The first-order valence-corrected chi connectivity index (χ1v) is 11.2. The molecule has 2 aromatic carbocycles. The second-order valence-corrected chi connectivity index (χ2v) is 8.17. The molecule has 4 aromatic rings. The van der Waals surface area contributed by atoms with Gasteiger partial charge >= 0.3 is 5.97 Å². The number of para-hydroxylation sites is 1. The van der Waals surface area contributed by atoms with Crippen molar-refractivity contribution in [2.75, 3.05) is 5.75 Å². The van der Waals surface area contributed by atoms with Crippen LogP contribution in [0, 0.1) is 0 Å². The summed E-state index contributed by atoms with van der Waals surface area (Å²) >= 11 is 1.24. The monoisotopic (exact) mass is 449 g/mol. The highest BCUT2D eigenvalue weighted by Crippen LogP contribution is 2.24. The number of aliphatic carboxylic acids is 1. The number of hydrogen-bond donors (Lipinski definition) is 3. The molecule has 0 aliphatic carbocycles. The Morgan fingerprint density at radius 2 is 1.88 bits per heavy atom. The number of carboxylic acids is 1. The van der Waals surface area contributed by atoms with Crippen LogP contribution in [0.2, 0.25) is 0 Å². The molecule has 2 heterocycles. The lowest BCUT2D eigenvalue weighted by atomic mass is 10.1. The Hall–Kier alpha value is -3.59. The SMILES string of the molecule is CCn1c(SCC(=O)N[C@H](Cc2c[nH]c3ccccc23)C(=O)O)nnc1-c1ccccc1. The fourth-order valence-electron chi connectivity index (χ4n) is 3.57. The standard InChI is InChI=1S/C23H23N5O3S/c1-2-28-21(15-8-4-3-5-9-15)26-27-23(28)32-14-20(29)25-19(22(30)31)12-16-13-24-18-11-7-6-10-17(16)18/h3-11,13,19,24H,2,12,14H2,1H3,(H,25,29)(H,30,31)/t19-/m1/s1. The Balaban J connectivity index is 1.41. The van der Waals surface area contributed by atoms with Gasteiger partial charge in [-0.15, -0.1) is 10.2 Å². The van der Waals surface area contributed by atoms with Crippen molar-refractivity contribution in [2.45, 2.75) is 31.1 Å². The zero-order valence-electron chi connectivity index (χ0n) is 17.5. The Kier molecular flexibility index (Phi) is 6.55. The quantitative estimate of drug-likeness (QED) is 0.338. The first-order chi connectivity index (χ1) is 15.6. The molecule has 0 aliphatic rings. The van der Waals surface area contributed by atoms with Crippen molar-refractivity contribution in [1.82, 2.24) is 25.1 Å². The highest BCUT2D eigenvalue weighted by atomic mass is 32.2. The van der Waals surface area contributed by atoms with Crippen molar-refractivity contribution in [1.29, 1.82) is 0 Å². The molecule has 8 nitrogen and oxygen atoms in total. The van der Waals surface area contributed by atoms with Gasteiger partial charge in [0.1, 0.15) is 6.04 Å². The lowest BCUT2D eigenvalue weighted by Crippen LogP contribution is -2.43. The number of aromatic amines is 1. The van der Waals surface area contributed by atoms with Crippen LogP contribution in [-0.2, 0) is 22.6 Å². The lowest BCUT2D eigenvalue weighted by Gasteiger charge is -2.14. The number of aromatic nitrogens is 4. The number of carboxylic acid groups (broad SMARTS) is 1. The number of hydrogen-bond acceptors (Lipinski definition) is 5. The number of nitrogens with one attached hydrogen (secondary N) is 2. The van der Waals surface area contributed by atoms with Crippen LogP contribution in [0.25, 0.3) is 22.3 Å². The van der Waals surface area contributed by atoms with Crippen molar-refractivity contribution < 1.29 is 14.7 Å². The van der Waals surface area contributed by atoms with E-state index in [0.29, 0.717) is 11.7 Å². The van der Waals surface area contributed by atoms with E-state index in [-0.39, 0.29) is 18.1 Å². The maximum atomic E-state index is 12.5. The molecule has 1 amide bonds. The summed E-state index contributed by atoms with van der Waals surface area (Å²) in [5.74, 6) is -0.658. The van der Waals surface area contributed by atoms with Crippen molar-refractivity contribution in [3.63, 3.8) is 0 Å². The van der Waals surface area contributed by atoms with E-state index in [1.807, 2.05) is 66.1 Å². The van der Waals surface area contributed by atoms with Crippen molar-refractivity contribution in [2.24, 2.45) is 0 Å². The zero-order chi connectivity index (χ0) is 22.5. The Morgan fingerprint density at radius 3 is 2.62 bits per heavy atom. The smallest absolute Gasteiger partial charge is 0.326 e. The van der Waals surface area contributed by atoms with Gasteiger partial charge in [-0.25, -0.2) is 4.79 Å². The van der Waals surface area contributed by atoms with Gasteiger partial charge in [0.25, 0.3) is 0 Å². The van der Waals surface area contributed by atoms with Crippen molar-refractivity contribution in [3.8, 4) is 11.4 Å².